The van der Waals surface area contributed by atoms with Gasteiger partial charge in [0.25, 0.3) is 0 Å². The van der Waals surface area contributed by atoms with E-state index in [-0.39, 0.29) is 6.42 Å². The summed E-state index contributed by atoms with van der Waals surface area (Å²) in [5, 5.41) is 8.85. The zero-order valence-corrected chi connectivity index (χ0v) is 11.0. The molecule has 5 heteroatoms. The Bertz CT molecular complexity index is 419. The van der Waals surface area contributed by atoms with Crippen molar-refractivity contribution in [3.8, 4) is 5.75 Å². The van der Waals surface area contributed by atoms with Crippen LogP contribution in [-0.4, -0.2) is 43.2 Å². The van der Waals surface area contributed by atoms with Gasteiger partial charge in [0.05, 0.1) is 7.11 Å². The lowest BCUT2D eigenvalue weighted by Crippen LogP contribution is -2.32. The summed E-state index contributed by atoms with van der Waals surface area (Å²) in [5.74, 6) is -0.280. The smallest absolute Gasteiger partial charge is 0.320 e. The molecule has 0 bridgehead atoms. The molecule has 0 saturated carbocycles. The van der Waals surface area contributed by atoms with E-state index in [0.29, 0.717) is 0 Å². The number of hydrogen-bond acceptors (Lipinski definition) is 4. The highest BCUT2D eigenvalue weighted by molar-refractivity contribution is 5.73. The average Bonchev–Trinajstić information content (AvgIpc) is 2.28. The van der Waals surface area contributed by atoms with E-state index < -0.39 is 12.0 Å². The lowest BCUT2D eigenvalue weighted by molar-refractivity contribution is -0.138. The van der Waals surface area contributed by atoms with Crippen LogP contribution in [0.2, 0.25) is 0 Å². The molecular weight excluding hydrogens is 232 g/mol. The second-order valence-corrected chi connectivity index (χ2v) is 4.50. The molecule has 1 unspecified atom stereocenters. The number of nitrogens with two attached hydrogens (primary N) is 1. The molecule has 0 spiro atoms. The van der Waals surface area contributed by atoms with Gasteiger partial charge in [-0.3, -0.25) is 4.79 Å². The summed E-state index contributed by atoms with van der Waals surface area (Å²) in [6.45, 7) is 0.735. The first-order chi connectivity index (χ1) is 8.45. The minimum absolute atomic E-state index is 0.264. The molecule has 5 nitrogen and oxygen atoms in total. The number of ether oxygens (including phenoxy) is 1. The molecule has 1 atom stereocenters. The maximum atomic E-state index is 10.8. The van der Waals surface area contributed by atoms with Crippen molar-refractivity contribution in [1.82, 2.24) is 4.90 Å². The van der Waals surface area contributed by atoms with Crippen molar-refractivity contribution >= 4 is 5.97 Å². The molecule has 0 aliphatic heterocycles. The van der Waals surface area contributed by atoms with Crippen molar-refractivity contribution < 1.29 is 14.6 Å². The van der Waals surface area contributed by atoms with E-state index >= 15 is 0 Å². The molecule has 0 heterocycles. The first-order valence-corrected chi connectivity index (χ1v) is 5.73. The summed E-state index contributed by atoms with van der Waals surface area (Å²) < 4.78 is 5.38. The number of carboxylic acid groups (broad SMARTS) is 1. The molecule has 3 N–H and O–H groups in total. The number of aliphatic carboxylic acids is 1. The van der Waals surface area contributed by atoms with Crippen LogP contribution in [0, 0.1) is 0 Å². The molecule has 0 aliphatic rings. The van der Waals surface area contributed by atoms with Crippen molar-refractivity contribution in [1.29, 1.82) is 0 Å². The number of hydrogen-bond donors (Lipinski definition) is 2. The van der Waals surface area contributed by atoms with Gasteiger partial charge >= 0.3 is 5.97 Å². The summed E-state index contributed by atoms with van der Waals surface area (Å²) >= 11 is 0. The normalized spacial score (nSPS) is 12.5. The predicted molar refractivity (Wildman–Crippen MR) is 69.7 cm³/mol. The monoisotopic (exact) mass is 252 g/mol. The second kappa shape index (κ2) is 6.37. The number of para-hydroxylation sites is 1. The minimum Gasteiger partial charge on any atom is -0.496 e. The highest BCUT2D eigenvalue weighted by Gasteiger charge is 2.16. The molecule has 1 aromatic carbocycles. The molecule has 0 saturated heterocycles. The van der Waals surface area contributed by atoms with E-state index in [1.807, 2.05) is 37.2 Å². The summed E-state index contributed by atoms with van der Waals surface area (Å²) in [6, 6.07) is 4.80. The zero-order valence-electron chi connectivity index (χ0n) is 11.0. The lowest BCUT2D eigenvalue weighted by atomic mass is 10.0. The highest BCUT2D eigenvalue weighted by Crippen LogP contribution is 2.25. The van der Waals surface area contributed by atoms with Crippen LogP contribution in [0.15, 0.2) is 18.2 Å². The first-order valence-electron chi connectivity index (χ1n) is 5.73. The van der Waals surface area contributed by atoms with Gasteiger partial charge in [-0.15, -0.1) is 0 Å². The minimum atomic E-state index is -1.00. The summed E-state index contributed by atoms with van der Waals surface area (Å²) in [6.07, 6.45) is 0.264. The van der Waals surface area contributed by atoms with Crippen LogP contribution in [-0.2, 0) is 17.8 Å². The Morgan fingerprint density at radius 1 is 1.44 bits per heavy atom. The third-order valence-corrected chi connectivity index (χ3v) is 2.63. The molecular formula is C13H20N2O3. The maximum absolute atomic E-state index is 10.8. The van der Waals surface area contributed by atoms with Gasteiger partial charge in [0.1, 0.15) is 11.8 Å². The van der Waals surface area contributed by atoms with Crippen LogP contribution in [0.4, 0.5) is 0 Å². The fourth-order valence-electron chi connectivity index (χ4n) is 1.85. The third kappa shape index (κ3) is 3.72. The summed E-state index contributed by atoms with van der Waals surface area (Å²) in [5.41, 5.74) is 7.41. The number of nitrogens with zero attached hydrogens (tertiary/aromatic N) is 1. The fraction of sp³-hybridized carbons (Fsp3) is 0.462. The zero-order chi connectivity index (χ0) is 13.7. The van der Waals surface area contributed by atoms with Gasteiger partial charge in [-0.25, -0.2) is 0 Å². The predicted octanol–water partition coefficient (Wildman–Crippen LogP) is 0.711. The van der Waals surface area contributed by atoms with Crippen molar-refractivity contribution in [2.45, 2.75) is 19.0 Å². The molecule has 1 aromatic rings. The summed E-state index contributed by atoms with van der Waals surface area (Å²) in [4.78, 5) is 12.8. The molecule has 1 rings (SSSR count). The molecule has 100 valence electrons. The molecule has 0 amide bonds. The van der Waals surface area contributed by atoms with Gasteiger partial charge < -0.3 is 20.5 Å². The Kier molecular flexibility index (Phi) is 5.12. The van der Waals surface area contributed by atoms with Crippen molar-refractivity contribution in [2.24, 2.45) is 5.73 Å². The number of carbonyl (C=O) groups is 1. The van der Waals surface area contributed by atoms with Gasteiger partial charge in [-0.2, -0.15) is 0 Å². The van der Waals surface area contributed by atoms with Crippen molar-refractivity contribution in [3.63, 3.8) is 0 Å². The Balaban J connectivity index is 3.00. The van der Waals surface area contributed by atoms with E-state index in [1.165, 1.54) is 0 Å². The topological polar surface area (TPSA) is 75.8 Å². The average molecular weight is 252 g/mol. The summed E-state index contributed by atoms with van der Waals surface area (Å²) in [7, 11) is 5.52. The van der Waals surface area contributed by atoms with Crippen LogP contribution in [0.3, 0.4) is 0 Å². The van der Waals surface area contributed by atoms with Crippen LogP contribution >= 0.6 is 0 Å². The number of benzene rings is 1. The van der Waals surface area contributed by atoms with Gasteiger partial charge in [0.2, 0.25) is 0 Å². The van der Waals surface area contributed by atoms with E-state index in [2.05, 4.69) is 0 Å². The molecule has 0 aromatic heterocycles. The maximum Gasteiger partial charge on any atom is 0.320 e. The van der Waals surface area contributed by atoms with Crippen molar-refractivity contribution in [3.05, 3.63) is 29.3 Å². The van der Waals surface area contributed by atoms with E-state index in [9.17, 15) is 4.79 Å². The Labute approximate surface area is 107 Å². The van der Waals surface area contributed by atoms with E-state index in [4.69, 9.17) is 15.6 Å². The first kappa shape index (κ1) is 14.5. The standard InChI is InChI=1S/C13H20N2O3/c1-15(2)8-10-6-4-5-9(12(10)18-3)7-11(14)13(16)17/h4-6,11H,7-8,14H2,1-3H3,(H,16,17). The molecule has 0 fully saturated rings. The Morgan fingerprint density at radius 2 is 2.06 bits per heavy atom. The van der Waals surface area contributed by atoms with Crippen LogP contribution in [0.1, 0.15) is 11.1 Å². The largest absolute Gasteiger partial charge is 0.496 e. The fourth-order valence-corrected chi connectivity index (χ4v) is 1.85. The van der Waals surface area contributed by atoms with Gasteiger partial charge in [-0.1, -0.05) is 18.2 Å². The van der Waals surface area contributed by atoms with E-state index in [1.54, 1.807) is 7.11 Å². The molecule has 0 aliphatic carbocycles. The molecule has 18 heavy (non-hydrogen) atoms. The third-order valence-electron chi connectivity index (χ3n) is 2.63. The number of methoxy groups -OCH3 is 1. The van der Waals surface area contributed by atoms with Gasteiger partial charge in [0, 0.05) is 18.5 Å². The Morgan fingerprint density at radius 3 is 2.56 bits per heavy atom. The van der Waals surface area contributed by atoms with E-state index in [0.717, 1.165) is 23.4 Å². The Hall–Kier alpha value is -1.59. The lowest BCUT2D eigenvalue weighted by Gasteiger charge is -2.17. The van der Waals surface area contributed by atoms with Crippen LogP contribution in [0.5, 0.6) is 5.75 Å². The quantitative estimate of drug-likeness (QED) is 0.780. The highest BCUT2D eigenvalue weighted by atomic mass is 16.5. The molecule has 0 radical (unpaired) electrons. The van der Waals surface area contributed by atoms with Gasteiger partial charge in [0.15, 0.2) is 0 Å². The van der Waals surface area contributed by atoms with Crippen LogP contribution < -0.4 is 10.5 Å². The SMILES string of the molecule is COc1c(CC(N)C(=O)O)cccc1CN(C)C. The number of carboxylic acids is 1. The van der Waals surface area contributed by atoms with Gasteiger partial charge in [-0.05, 0) is 19.7 Å². The van der Waals surface area contributed by atoms with Crippen LogP contribution in [0.25, 0.3) is 0 Å². The van der Waals surface area contributed by atoms with Crippen molar-refractivity contribution in [2.75, 3.05) is 21.2 Å². The second-order valence-electron chi connectivity index (χ2n) is 4.50. The number of rotatable bonds is 6.